The molecular weight excluding hydrogens is 504 g/mol. The lowest BCUT2D eigenvalue weighted by Crippen LogP contribution is -2.01. The standard InChI is InChI=1S/C42H78/c1-5-8-11-13-15-17-19-21-23-25-27-29-32-34-40-38-42(35-31-10-7-3)41(37-39(40)4)36-33-30-28-26-24-22-20-18-16-14-12-9-6-2/h37-38H,5-36H2,1-4H3. The Bertz CT molecular complexity index is 686. The smallest absolute Gasteiger partial charge is 0.0276 e. The van der Waals surface area contributed by atoms with E-state index in [4.69, 9.17) is 0 Å². The lowest BCUT2D eigenvalue weighted by Gasteiger charge is -2.15. The third-order valence-corrected chi connectivity index (χ3v) is 9.81. The first-order chi connectivity index (χ1) is 20.7. The molecule has 1 aromatic carbocycles. The van der Waals surface area contributed by atoms with Gasteiger partial charge in [-0.15, -0.1) is 0 Å². The van der Waals surface area contributed by atoms with Crippen LogP contribution in [0.5, 0.6) is 0 Å². The van der Waals surface area contributed by atoms with Crippen molar-refractivity contribution in [1.82, 2.24) is 0 Å². The van der Waals surface area contributed by atoms with Crippen LogP contribution in [0.2, 0.25) is 0 Å². The highest BCUT2D eigenvalue weighted by Gasteiger charge is 2.08. The third-order valence-electron chi connectivity index (χ3n) is 9.81. The molecule has 0 aliphatic rings. The van der Waals surface area contributed by atoms with Crippen LogP contribution in [-0.2, 0) is 19.3 Å². The predicted octanol–water partition coefficient (Wildman–Crippen LogP) is 15.0. The maximum atomic E-state index is 2.64. The van der Waals surface area contributed by atoms with Gasteiger partial charge in [0.05, 0.1) is 0 Å². The normalized spacial score (nSPS) is 11.5. The minimum atomic E-state index is 1.30. The number of rotatable bonds is 32. The van der Waals surface area contributed by atoms with Crippen LogP contribution in [0.25, 0.3) is 0 Å². The largest absolute Gasteiger partial charge is 0.0654 e. The van der Waals surface area contributed by atoms with Crippen molar-refractivity contribution in [2.45, 2.75) is 233 Å². The number of unbranched alkanes of at least 4 members (excludes halogenated alkanes) is 26. The van der Waals surface area contributed by atoms with Crippen molar-refractivity contribution >= 4 is 0 Å². The van der Waals surface area contributed by atoms with Crippen molar-refractivity contribution in [3.05, 3.63) is 34.4 Å². The number of hydrogen-bond donors (Lipinski definition) is 0. The SMILES string of the molecule is CCCCCCCCCCCCCCCc1cc(CCCCC)c(CCCCCCCCCCCCCCC)cc1C. The van der Waals surface area contributed by atoms with E-state index in [0.29, 0.717) is 0 Å². The molecule has 0 radical (unpaired) electrons. The van der Waals surface area contributed by atoms with Gasteiger partial charge < -0.3 is 0 Å². The first-order valence-corrected chi connectivity index (χ1v) is 19.8. The molecule has 42 heavy (non-hydrogen) atoms. The molecule has 0 bridgehead atoms. The Balaban J connectivity index is 2.24. The highest BCUT2D eigenvalue weighted by Crippen LogP contribution is 2.24. The van der Waals surface area contributed by atoms with Crippen LogP contribution in [0.15, 0.2) is 12.1 Å². The van der Waals surface area contributed by atoms with Gasteiger partial charge in [0.25, 0.3) is 0 Å². The minimum absolute atomic E-state index is 1.30. The quantitative estimate of drug-likeness (QED) is 0.0741. The zero-order valence-electron chi connectivity index (χ0n) is 29.8. The summed E-state index contributed by atoms with van der Waals surface area (Å²) >= 11 is 0. The van der Waals surface area contributed by atoms with Crippen molar-refractivity contribution in [3.63, 3.8) is 0 Å². The molecule has 0 saturated carbocycles. The molecule has 0 saturated heterocycles. The van der Waals surface area contributed by atoms with E-state index >= 15 is 0 Å². The van der Waals surface area contributed by atoms with Crippen LogP contribution in [0.3, 0.4) is 0 Å². The van der Waals surface area contributed by atoms with E-state index < -0.39 is 0 Å². The summed E-state index contributed by atoms with van der Waals surface area (Å²) < 4.78 is 0. The van der Waals surface area contributed by atoms with Crippen molar-refractivity contribution in [3.8, 4) is 0 Å². The lowest BCUT2D eigenvalue weighted by atomic mass is 9.90. The molecule has 0 aromatic heterocycles. The van der Waals surface area contributed by atoms with Gasteiger partial charge in [0.2, 0.25) is 0 Å². The summed E-state index contributed by atoms with van der Waals surface area (Å²) in [5.41, 5.74) is 6.59. The van der Waals surface area contributed by atoms with Crippen molar-refractivity contribution in [2.24, 2.45) is 0 Å². The minimum Gasteiger partial charge on any atom is -0.0654 e. The first kappa shape index (κ1) is 39.2. The van der Waals surface area contributed by atoms with E-state index in [9.17, 15) is 0 Å². The van der Waals surface area contributed by atoms with Gasteiger partial charge in [0.15, 0.2) is 0 Å². The Morgan fingerprint density at radius 3 is 0.881 bits per heavy atom. The molecule has 0 nitrogen and oxygen atoms in total. The predicted molar refractivity (Wildman–Crippen MR) is 193 cm³/mol. The highest BCUT2D eigenvalue weighted by atomic mass is 14.1. The van der Waals surface area contributed by atoms with Gasteiger partial charge in [-0.25, -0.2) is 0 Å². The first-order valence-electron chi connectivity index (χ1n) is 19.8. The van der Waals surface area contributed by atoms with Gasteiger partial charge in [0.1, 0.15) is 0 Å². The summed E-state index contributed by atoms with van der Waals surface area (Å²) in [4.78, 5) is 0. The topological polar surface area (TPSA) is 0 Å². The molecule has 0 heteroatoms. The number of hydrogen-bond acceptors (Lipinski definition) is 0. The van der Waals surface area contributed by atoms with Crippen LogP contribution in [0.1, 0.15) is 229 Å². The van der Waals surface area contributed by atoms with Crippen LogP contribution >= 0.6 is 0 Å². The van der Waals surface area contributed by atoms with E-state index in [1.54, 1.807) is 22.3 Å². The second kappa shape index (κ2) is 30.3. The molecule has 0 amide bonds. The van der Waals surface area contributed by atoms with E-state index in [1.807, 2.05) is 0 Å². The molecule has 0 atom stereocenters. The third kappa shape index (κ3) is 22.7. The molecule has 0 heterocycles. The highest BCUT2D eigenvalue weighted by molar-refractivity contribution is 5.38. The summed E-state index contributed by atoms with van der Waals surface area (Å²) in [6, 6.07) is 5.24. The van der Waals surface area contributed by atoms with Gasteiger partial charge in [-0.1, -0.05) is 200 Å². The van der Waals surface area contributed by atoms with E-state index in [-0.39, 0.29) is 0 Å². The monoisotopic (exact) mass is 583 g/mol. The van der Waals surface area contributed by atoms with Gasteiger partial charge in [-0.2, -0.15) is 0 Å². The lowest BCUT2D eigenvalue weighted by molar-refractivity contribution is 0.539. The van der Waals surface area contributed by atoms with Crippen LogP contribution in [0, 0.1) is 6.92 Å². The fourth-order valence-corrected chi connectivity index (χ4v) is 6.83. The van der Waals surface area contributed by atoms with Crippen LogP contribution < -0.4 is 0 Å². The molecule has 0 aliphatic carbocycles. The molecule has 0 unspecified atom stereocenters. The van der Waals surface area contributed by atoms with Gasteiger partial charge in [-0.05, 0) is 67.7 Å². The van der Waals surface area contributed by atoms with Crippen LogP contribution in [0.4, 0.5) is 0 Å². The average molecular weight is 583 g/mol. The molecule has 1 aromatic rings. The molecule has 0 spiro atoms. The second-order valence-corrected chi connectivity index (χ2v) is 14.0. The maximum Gasteiger partial charge on any atom is -0.0276 e. The van der Waals surface area contributed by atoms with E-state index in [2.05, 4.69) is 39.8 Å². The van der Waals surface area contributed by atoms with Crippen LogP contribution in [-0.4, -0.2) is 0 Å². The van der Waals surface area contributed by atoms with Crippen molar-refractivity contribution < 1.29 is 0 Å². The van der Waals surface area contributed by atoms with Crippen molar-refractivity contribution in [1.29, 1.82) is 0 Å². The maximum absolute atomic E-state index is 2.64. The summed E-state index contributed by atoms with van der Waals surface area (Å²) in [5, 5.41) is 0. The number of aryl methyl sites for hydroxylation is 4. The Hall–Kier alpha value is -0.780. The number of benzene rings is 1. The average Bonchev–Trinajstić information content (AvgIpc) is 2.99. The Labute approximate surface area is 267 Å². The Kier molecular flexibility index (Phi) is 28.3. The fraction of sp³-hybridized carbons (Fsp3) is 0.857. The molecule has 0 fully saturated rings. The van der Waals surface area contributed by atoms with Gasteiger partial charge in [0, 0.05) is 0 Å². The molecule has 0 aliphatic heterocycles. The second-order valence-electron chi connectivity index (χ2n) is 14.0. The van der Waals surface area contributed by atoms with E-state index in [1.165, 1.54) is 205 Å². The summed E-state index contributed by atoms with van der Waals surface area (Å²) in [6.07, 6.45) is 45.5. The Morgan fingerprint density at radius 2 is 0.524 bits per heavy atom. The van der Waals surface area contributed by atoms with Gasteiger partial charge in [-0.3, -0.25) is 0 Å². The van der Waals surface area contributed by atoms with E-state index in [0.717, 1.165) is 0 Å². The summed E-state index contributed by atoms with van der Waals surface area (Å²) in [6.45, 7) is 9.35. The fourth-order valence-electron chi connectivity index (χ4n) is 6.83. The summed E-state index contributed by atoms with van der Waals surface area (Å²) in [5.74, 6) is 0. The molecular formula is C42H78. The molecule has 246 valence electrons. The molecule has 0 N–H and O–H groups in total. The zero-order chi connectivity index (χ0) is 30.4. The summed E-state index contributed by atoms with van der Waals surface area (Å²) in [7, 11) is 0. The molecule has 1 rings (SSSR count). The zero-order valence-corrected chi connectivity index (χ0v) is 29.8. The Morgan fingerprint density at radius 1 is 0.286 bits per heavy atom. The van der Waals surface area contributed by atoms with Gasteiger partial charge >= 0.3 is 0 Å². The van der Waals surface area contributed by atoms with Crippen molar-refractivity contribution in [2.75, 3.05) is 0 Å².